The Kier molecular flexibility index (Phi) is 7.56. The molecule has 5 rings (SSSR count). The topological polar surface area (TPSA) is 68.9 Å². The Bertz CT molecular complexity index is 1110. The lowest BCUT2D eigenvalue weighted by Gasteiger charge is -2.39. The average Bonchev–Trinajstić information content (AvgIpc) is 3.26. The number of hydrogen-bond acceptors (Lipinski definition) is 7. The van der Waals surface area contributed by atoms with Crippen LogP contribution in [0.4, 0.5) is 10.8 Å². The van der Waals surface area contributed by atoms with E-state index in [9.17, 15) is 5.11 Å². The van der Waals surface area contributed by atoms with E-state index in [1.54, 1.807) is 17.4 Å². The quantitative estimate of drug-likeness (QED) is 0.484. The Balaban J connectivity index is 1.12. The first kappa shape index (κ1) is 24.1. The van der Waals surface area contributed by atoms with Gasteiger partial charge >= 0.3 is 0 Å². The first-order valence-electron chi connectivity index (χ1n) is 12.9. The van der Waals surface area contributed by atoms with Crippen molar-refractivity contribution in [3.05, 3.63) is 59.1 Å². The molecule has 1 aliphatic carbocycles. The smallest absolute Gasteiger partial charge is 0.180 e. The summed E-state index contributed by atoms with van der Waals surface area (Å²) in [7, 11) is 0. The number of phenolic OH excluding ortho intramolecular Hbond substituents is 1. The standard InChI is InChI=1S/C28H37N5OS/c1-2-13-32(23-11-12-25-27(20-23)35-28(29)30-25)17-14-31-15-18-33(19-16-31)22-9-7-21(8-10-22)24-5-3-4-6-26(24)34/h3-10,23,34H,2,11-20H2,1H3,(H2,29,30). The van der Waals surface area contributed by atoms with Crippen LogP contribution in [-0.4, -0.2) is 71.7 Å². The van der Waals surface area contributed by atoms with Crippen molar-refractivity contribution < 1.29 is 5.11 Å². The highest BCUT2D eigenvalue weighted by Gasteiger charge is 2.27. The van der Waals surface area contributed by atoms with Gasteiger partial charge < -0.3 is 15.7 Å². The van der Waals surface area contributed by atoms with Gasteiger partial charge in [-0.3, -0.25) is 9.80 Å². The van der Waals surface area contributed by atoms with Crippen LogP contribution in [0.5, 0.6) is 5.75 Å². The minimum atomic E-state index is 0.329. The highest BCUT2D eigenvalue weighted by Crippen LogP contribution is 2.31. The van der Waals surface area contributed by atoms with Crippen LogP contribution >= 0.6 is 11.3 Å². The molecule has 0 spiro atoms. The highest BCUT2D eigenvalue weighted by atomic mass is 32.1. The summed E-state index contributed by atoms with van der Waals surface area (Å²) in [6, 6.07) is 16.7. The maximum Gasteiger partial charge on any atom is 0.180 e. The number of aromatic hydroxyl groups is 1. The first-order valence-corrected chi connectivity index (χ1v) is 13.8. The van der Waals surface area contributed by atoms with E-state index >= 15 is 0 Å². The van der Waals surface area contributed by atoms with E-state index < -0.39 is 0 Å². The lowest BCUT2D eigenvalue weighted by Crippen LogP contribution is -2.50. The fraction of sp³-hybridized carbons (Fsp3) is 0.464. The molecule has 3 N–H and O–H groups in total. The van der Waals surface area contributed by atoms with Gasteiger partial charge in [-0.15, -0.1) is 11.3 Å². The van der Waals surface area contributed by atoms with Crippen molar-refractivity contribution >= 4 is 22.2 Å². The van der Waals surface area contributed by atoms with E-state index in [0.29, 0.717) is 11.8 Å². The third-order valence-electron chi connectivity index (χ3n) is 7.48. The van der Waals surface area contributed by atoms with Crippen LogP contribution in [0.2, 0.25) is 0 Å². The molecule has 0 saturated carbocycles. The molecule has 2 aromatic carbocycles. The van der Waals surface area contributed by atoms with Gasteiger partial charge in [-0.25, -0.2) is 4.98 Å². The van der Waals surface area contributed by atoms with Gasteiger partial charge in [-0.1, -0.05) is 37.3 Å². The number of hydrogen-bond donors (Lipinski definition) is 2. The van der Waals surface area contributed by atoms with Crippen molar-refractivity contribution in [3.8, 4) is 16.9 Å². The van der Waals surface area contributed by atoms with E-state index in [-0.39, 0.29) is 0 Å². The number of phenols is 1. The number of nitrogen functional groups attached to an aromatic ring is 1. The molecule has 1 aromatic heterocycles. The molecular weight excluding hydrogens is 454 g/mol. The van der Waals surface area contributed by atoms with Gasteiger partial charge in [0.15, 0.2) is 5.13 Å². The molecule has 0 bridgehead atoms. The molecule has 35 heavy (non-hydrogen) atoms. The van der Waals surface area contributed by atoms with Crippen LogP contribution < -0.4 is 10.6 Å². The molecule has 1 atom stereocenters. The van der Waals surface area contributed by atoms with Gasteiger partial charge in [0, 0.05) is 61.4 Å². The molecule has 2 aliphatic rings. The summed E-state index contributed by atoms with van der Waals surface area (Å²) in [6.45, 7) is 10.0. The second-order valence-corrected chi connectivity index (χ2v) is 10.9. The minimum absolute atomic E-state index is 0.329. The van der Waals surface area contributed by atoms with Crippen molar-refractivity contribution in [1.82, 2.24) is 14.8 Å². The Morgan fingerprint density at radius 1 is 1.06 bits per heavy atom. The second kappa shape index (κ2) is 11.0. The van der Waals surface area contributed by atoms with Gasteiger partial charge in [-0.2, -0.15) is 0 Å². The Morgan fingerprint density at radius 3 is 2.57 bits per heavy atom. The zero-order valence-corrected chi connectivity index (χ0v) is 21.5. The van der Waals surface area contributed by atoms with Crippen LogP contribution in [0.25, 0.3) is 11.1 Å². The Labute approximate surface area is 213 Å². The van der Waals surface area contributed by atoms with Gasteiger partial charge in [0.25, 0.3) is 0 Å². The molecule has 6 nitrogen and oxygen atoms in total. The number of thiazole rings is 1. The number of nitrogens with zero attached hydrogens (tertiary/aromatic N) is 4. The fourth-order valence-electron chi connectivity index (χ4n) is 5.52. The van der Waals surface area contributed by atoms with E-state index in [1.165, 1.54) is 29.1 Å². The number of anilines is 2. The zero-order chi connectivity index (χ0) is 24.2. The lowest BCUT2D eigenvalue weighted by molar-refractivity contribution is 0.146. The van der Waals surface area contributed by atoms with Gasteiger partial charge in [0.2, 0.25) is 0 Å². The van der Waals surface area contributed by atoms with Crippen LogP contribution in [0, 0.1) is 0 Å². The summed E-state index contributed by atoms with van der Waals surface area (Å²) >= 11 is 1.69. The molecule has 0 radical (unpaired) electrons. The molecule has 2 heterocycles. The van der Waals surface area contributed by atoms with Gasteiger partial charge in [0.1, 0.15) is 5.75 Å². The lowest BCUT2D eigenvalue weighted by atomic mass is 9.96. The average molecular weight is 492 g/mol. The number of fused-ring (bicyclic) bond motifs is 1. The molecule has 186 valence electrons. The summed E-state index contributed by atoms with van der Waals surface area (Å²) < 4.78 is 0. The molecule has 1 unspecified atom stereocenters. The monoisotopic (exact) mass is 491 g/mol. The predicted molar refractivity (Wildman–Crippen MR) is 146 cm³/mol. The van der Waals surface area contributed by atoms with E-state index in [1.807, 2.05) is 18.2 Å². The van der Waals surface area contributed by atoms with Crippen molar-refractivity contribution in [2.24, 2.45) is 0 Å². The Morgan fingerprint density at radius 2 is 1.83 bits per heavy atom. The first-order chi connectivity index (χ1) is 17.1. The number of aryl methyl sites for hydroxylation is 1. The third-order valence-corrected chi connectivity index (χ3v) is 8.43. The van der Waals surface area contributed by atoms with Crippen LogP contribution in [-0.2, 0) is 12.8 Å². The summed E-state index contributed by atoms with van der Waals surface area (Å²) in [6.07, 6.45) is 4.56. The molecule has 1 saturated heterocycles. The summed E-state index contributed by atoms with van der Waals surface area (Å²) in [5.74, 6) is 0.329. The number of nitrogens with two attached hydrogens (primary N) is 1. The van der Waals surface area contributed by atoms with Crippen LogP contribution in [0.3, 0.4) is 0 Å². The normalized spacial score (nSPS) is 18.7. The molecule has 7 heteroatoms. The second-order valence-electron chi connectivity index (χ2n) is 9.75. The molecule has 1 aliphatic heterocycles. The van der Waals surface area contributed by atoms with Crippen molar-refractivity contribution in [3.63, 3.8) is 0 Å². The van der Waals surface area contributed by atoms with Crippen molar-refractivity contribution in [2.45, 2.75) is 38.6 Å². The van der Waals surface area contributed by atoms with Crippen molar-refractivity contribution in [2.75, 3.05) is 56.4 Å². The minimum Gasteiger partial charge on any atom is -0.507 e. The van der Waals surface area contributed by atoms with E-state index in [2.05, 4.69) is 50.9 Å². The SMILES string of the molecule is CCCN(CCN1CCN(c2ccc(-c3ccccc3O)cc2)CC1)C1CCc2nc(N)sc2C1. The molecule has 3 aromatic rings. The van der Waals surface area contributed by atoms with Gasteiger partial charge in [-0.05, 0) is 56.0 Å². The van der Waals surface area contributed by atoms with Crippen LogP contribution in [0.15, 0.2) is 48.5 Å². The predicted octanol–water partition coefficient (Wildman–Crippen LogP) is 4.49. The number of aromatic nitrogens is 1. The number of benzene rings is 2. The number of piperazine rings is 1. The van der Waals surface area contributed by atoms with Crippen LogP contribution in [0.1, 0.15) is 30.3 Å². The molecular formula is C28H37N5OS. The maximum absolute atomic E-state index is 10.1. The summed E-state index contributed by atoms with van der Waals surface area (Å²) in [5.41, 5.74) is 10.4. The largest absolute Gasteiger partial charge is 0.507 e. The fourth-order valence-corrected chi connectivity index (χ4v) is 6.47. The Hall–Kier alpha value is -2.61. The zero-order valence-electron chi connectivity index (χ0n) is 20.7. The van der Waals surface area contributed by atoms with E-state index in [4.69, 9.17) is 5.73 Å². The third kappa shape index (κ3) is 5.63. The molecule has 0 amide bonds. The summed E-state index contributed by atoms with van der Waals surface area (Å²) in [4.78, 5) is 13.7. The van der Waals surface area contributed by atoms with E-state index in [0.717, 1.165) is 74.9 Å². The summed E-state index contributed by atoms with van der Waals surface area (Å²) in [5, 5.41) is 10.9. The highest BCUT2D eigenvalue weighted by molar-refractivity contribution is 7.15. The molecule has 1 fully saturated rings. The number of para-hydroxylation sites is 1. The number of rotatable bonds is 8. The maximum atomic E-state index is 10.1. The van der Waals surface area contributed by atoms with Crippen molar-refractivity contribution in [1.29, 1.82) is 0 Å². The van der Waals surface area contributed by atoms with Gasteiger partial charge in [0.05, 0.1) is 5.69 Å².